The van der Waals surface area contributed by atoms with Crippen molar-refractivity contribution in [3.63, 3.8) is 0 Å². The summed E-state index contributed by atoms with van der Waals surface area (Å²) in [6.07, 6.45) is -0.957. The van der Waals surface area contributed by atoms with Gasteiger partial charge in [-0.2, -0.15) is 0 Å². The fourth-order valence-corrected chi connectivity index (χ4v) is 2.78. The Morgan fingerprint density at radius 3 is 2.11 bits per heavy atom. The molecule has 0 saturated heterocycles. The number of anilines is 1. The molecule has 0 heterocycles. The van der Waals surface area contributed by atoms with Crippen LogP contribution in [0, 0.1) is 6.92 Å². The van der Waals surface area contributed by atoms with Gasteiger partial charge in [0.25, 0.3) is 5.91 Å². The molecule has 5 heteroatoms. The Labute approximate surface area is 163 Å². The van der Waals surface area contributed by atoms with Crippen molar-refractivity contribution in [3.8, 4) is 0 Å². The van der Waals surface area contributed by atoms with E-state index in [-0.39, 0.29) is 11.7 Å². The third-order valence-corrected chi connectivity index (χ3v) is 4.41. The SMILES string of the molecule is Cc1ccc(C(=O)N[C@H](Nc2ccccc2Cl)C(=O)c2ccccc2)cc1. The van der Waals surface area contributed by atoms with Crippen LogP contribution in [0.1, 0.15) is 26.3 Å². The second kappa shape index (κ2) is 8.52. The van der Waals surface area contributed by atoms with Crippen LogP contribution in [0.15, 0.2) is 78.9 Å². The average Bonchev–Trinajstić information content (AvgIpc) is 2.69. The highest BCUT2D eigenvalue weighted by Gasteiger charge is 2.23. The second-order valence-electron chi connectivity index (χ2n) is 6.13. The Morgan fingerprint density at radius 2 is 1.44 bits per heavy atom. The lowest BCUT2D eigenvalue weighted by Crippen LogP contribution is -2.46. The van der Waals surface area contributed by atoms with Gasteiger partial charge < -0.3 is 10.6 Å². The number of hydrogen-bond donors (Lipinski definition) is 2. The van der Waals surface area contributed by atoms with Gasteiger partial charge in [-0.1, -0.05) is 71.8 Å². The number of nitrogens with one attached hydrogen (secondary N) is 2. The lowest BCUT2D eigenvalue weighted by Gasteiger charge is -2.21. The van der Waals surface area contributed by atoms with E-state index >= 15 is 0 Å². The minimum atomic E-state index is -0.957. The summed E-state index contributed by atoms with van der Waals surface area (Å²) in [5.41, 5.74) is 2.59. The molecule has 0 aliphatic heterocycles. The lowest BCUT2D eigenvalue weighted by molar-refractivity contribution is 0.0869. The maximum absolute atomic E-state index is 13.0. The average molecular weight is 379 g/mol. The van der Waals surface area contributed by atoms with E-state index in [0.29, 0.717) is 21.8 Å². The number of amides is 1. The van der Waals surface area contributed by atoms with E-state index in [1.165, 1.54) is 0 Å². The monoisotopic (exact) mass is 378 g/mol. The number of ketones is 1. The van der Waals surface area contributed by atoms with Gasteiger partial charge in [0.15, 0.2) is 6.17 Å². The van der Waals surface area contributed by atoms with E-state index in [1.54, 1.807) is 60.7 Å². The van der Waals surface area contributed by atoms with Gasteiger partial charge in [0.2, 0.25) is 5.78 Å². The molecule has 1 atom stereocenters. The molecular weight excluding hydrogens is 360 g/mol. The molecule has 0 aliphatic rings. The maximum Gasteiger partial charge on any atom is 0.253 e. The number of benzene rings is 3. The summed E-state index contributed by atoms with van der Waals surface area (Å²) in [6, 6.07) is 23.0. The van der Waals surface area contributed by atoms with Crippen LogP contribution in [-0.2, 0) is 0 Å². The predicted octanol–water partition coefficient (Wildman–Crippen LogP) is 4.70. The van der Waals surface area contributed by atoms with Crippen LogP contribution in [0.4, 0.5) is 5.69 Å². The molecule has 0 spiro atoms. The van der Waals surface area contributed by atoms with Gasteiger partial charge in [0.05, 0.1) is 10.7 Å². The van der Waals surface area contributed by atoms with Crippen LogP contribution in [0.25, 0.3) is 0 Å². The first-order valence-corrected chi connectivity index (χ1v) is 8.90. The van der Waals surface area contributed by atoms with E-state index in [0.717, 1.165) is 5.56 Å². The fraction of sp³-hybridized carbons (Fsp3) is 0.0909. The van der Waals surface area contributed by atoms with Gasteiger partial charge in [-0.05, 0) is 31.2 Å². The smallest absolute Gasteiger partial charge is 0.253 e. The Hall–Kier alpha value is -3.11. The van der Waals surface area contributed by atoms with Crippen LogP contribution in [0.5, 0.6) is 0 Å². The Morgan fingerprint density at radius 1 is 0.815 bits per heavy atom. The van der Waals surface area contributed by atoms with Crippen molar-refractivity contribution in [2.45, 2.75) is 13.1 Å². The van der Waals surface area contributed by atoms with Crippen LogP contribution in [0.3, 0.4) is 0 Å². The van der Waals surface area contributed by atoms with Crippen LogP contribution in [-0.4, -0.2) is 17.9 Å². The molecule has 0 bridgehead atoms. The Balaban J connectivity index is 1.87. The van der Waals surface area contributed by atoms with Crippen LogP contribution in [0.2, 0.25) is 5.02 Å². The van der Waals surface area contributed by atoms with Gasteiger partial charge in [-0.3, -0.25) is 9.59 Å². The van der Waals surface area contributed by atoms with Crippen molar-refractivity contribution in [3.05, 3.63) is 101 Å². The van der Waals surface area contributed by atoms with Crippen molar-refractivity contribution in [1.29, 1.82) is 0 Å². The minimum Gasteiger partial charge on any atom is -0.358 e. The van der Waals surface area contributed by atoms with Crippen molar-refractivity contribution in [2.24, 2.45) is 0 Å². The third kappa shape index (κ3) is 4.74. The normalized spacial score (nSPS) is 11.5. The summed E-state index contributed by atoms with van der Waals surface area (Å²) in [4.78, 5) is 25.6. The summed E-state index contributed by atoms with van der Waals surface area (Å²) in [7, 11) is 0. The zero-order valence-electron chi connectivity index (χ0n) is 14.8. The van der Waals surface area contributed by atoms with E-state index in [2.05, 4.69) is 10.6 Å². The molecule has 0 unspecified atom stereocenters. The molecule has 0 fully saturated rings. The van der Waals surface area contributed by atoms with Crippen molar-refractivity contribution < 1.29 is 9.59 Å². The zero-order chi connectivity index (χ0) is 19.2. The van der Waals surface area contributed by atoms with Crippen LogP contribution < -0.4 is 10.6 Å². The number of Topliss-reactive ketones (excluding diaryl/α,β-unsaturated/α-hetero) is 1. The quantitative estimate of drug-likeness (QED) is 0.483. The maximum atomic E-state index is 13.0. The van der Waals surface area contributed by atoms with Crippen molar-refractivity contribution >= 4 is 29.0 Å². The van der Waals surface area contributed by atoms with Crippen molar-refractivity contribution in [2.75, 3.05) is 5.32 Å². The van der Waals surface area contributed by atoms with Crippen LogP contribution >= 0.6 is 11.6 Å². The van der Waals surface area contributed by atoms with E-state index in [9.17, 15) is 9.59 Å². The first-order chi connectivity index (χ1) is 13.0. The molecule has 3 rings (SSSR count). The molecule has 136 valence electrons. The van der Waals surface area contributed by atoms with Crippen molar-refractivity contribution in [1.82, 2.24) is 5.32 Å². The van der Waals surface area contributed by atoms with Gasteiger partial charge in [0, 0.05) is 11.1 Å². The van der Waals surface area contributed by atoms with E-state index in [4.69, 9.17) is 11.6 Å². The molecule has 3 aromatic carbocycles. The number of aryl methyl sites for hydroxylation is 1. The highest BCUT2D eigenvalue weighted by atomic mass is 35.5. The molecule has 3 aromatic rings. The number of halogens is 1. The minimum absolute atomic E-state index is 0.254. The largest absolute Gasteiger partial charge is 0.358 e. The molecule has 0 aliphatic carbocycles. The number of carbonyl (C=O) groups is 2. The number of rotatable bonds is 6. The van der Waals surface area contributed by atoms with Gasteiger partial charge in [0.1, 0.15) is 0 Å². The summed E-state index contributed by atoms with van der Waals surface area (Å²) < 4.78 is 0. The molecule has 1 amide bonds. The molecule has 0 saturated carbocycles. The topological polar surface area (TPSA) is 58.2 Å². The van der Waals surface area contributed by atoms with E-state index in [1.807, 2.05) is 25.1 Å². The second-order valence-corrected chi connectivity index (χ2v) is 6.53. The molecule has 2 N–H and O–H groups in total. The molecule has 27 heavy (non-hydrogen) atoms. The number of para-hydroxylation sites is 1. The molecule has 4 nitrogen and oxygen atoms in total. The summed E-state index contributed by atoms with van der Waals surface area (Å²) in [6.45, 7) is 1.95. The highest BCUT2D eigenvalue weighted by Crippen LogP contribution is 2.21. The molecule has 0 aromatic heterocycles. The van der Waals surface area contributed by atoms with Gasteiger partial charge in [-0.15, -0.1) is 0 Å². The fourth-order valence-electron chi connectivity index (χ4n) is 2.59. The zero-order valence-corrected chi connectivity index (χ0v) is 15.5. The first-order valence-electron chi connectivity index (χ1n) is 8.52. The van der Waals surface area contributed by atoms with Gasteiger partial charge in [-0.25, -0.2) is 0 Å². The Bertz CT molecular complexity index is 940. The lowest BCUT2D eigenvalue weighted by atomic mass is 10.1. The Kier molecular flexibility index (Phi) is 5.89. The number of hydrogen-bond acceptors (Lipinski definition) is 3. The summed E-state index contributed by atoms with van der Waals surface area (Å²) in [5, 5.41) is 6.28. The molecular formula is C22H19ClN2O2. The van der Waals surface area contributed by atoms with E-state index < -0.39 is 6.17 Å². The number of carbonyl (C=O) groups excluding carboxylic acids is 2. The first kappa shape index (κ1) is 18.7. The summed E-state index contributed by atoms with van der Waals surface area (Å²) >= 11 is 6.20. The standard InChI is InChI=1S/C22H19ClN2O2/c1-15-11-13-17(14-12-15)22(27)25-21(20(26)16-7-3-2-4-8-16)24-19-10-6-5-9-18(19)23/h2-14,21,24H,1H3,(H,25,27)/t21-/m0/s1. The molecule has 0 radical (unpaired) electrons. The van der Waals surface area contributed by atoms with Gasteiger partial charge >= 0.3 is 0 Å². The predicted molar refractivity (Wildman–Crippen MR) is 108 cm³/mol. The third-order valence-electron chi connectivity index (χ3n) is 4.08. The summed E-state index contributed by atoms with van der Waals surface area (Å²) in [5.74, 6) is -0.597. The highest BCUT2D eigenvalue weighted by molar-refractivity contribution is 6.33.